The van der Waals surface area contributed by atoms with Crippen LogP contribution in [0.5, 0.6) is 0 Å². The van der Waals surface area contributed by atoms with Gasteiger partial charge in [-0.1, -0.05) is 29.3 Å². The second-order valence-corrected chi connectivity index (χ2v) is 5.49. The Hall–Kier alpha value is -0.700. The van der Waals surface area contributed by atoms with Crippen molar-refractivity contribution in [1.82, 2.24) is 9.78 Å². The summed E-state index contributed by atoms with van der Waals surface area (Å²) >= 11 is 18.5. The first-order chi connectivity index (χ1) is 8.72. The maximum Gasteiger partial charge on any atom is 0.0650 e. The fourth-order valence-electron chi connectivity index (χ4n) is 2.12. The minimum absolute atomic E-state index is 0.410. The molecule has 1 aromatic heterocycles. The van der Waals surface area contributed by atoms with Crippen LogP contribution in [0.1, 0.15) is 24.6 Å². The summed E-state index contributed by atoms with van der Waals surface area (Å²) in [5.74, 6) is 0.410. The van der Waals surface area contributed by atoms with Gasteiger partial charge in [-0.25, -0.2) is 0 Å². The van der Waals surface area contributed by atoms with Crippen molar-refractivity contribution in [3.63, 3.8) is 0 Å². The Morgan fingerprint density at radius 3 is 2.44 bits per heavy atom. The van der Waals surface area contributed by atoms with Gasteiger partial charge >= 0.3 is 0 Å². The first-order valence-electron chi connectivity index (χ1n) is 5.79. The van der Waals surface area contributed by atoms with Gasteiger partial charge < -0.3 is 0 Å². The van der Waals surface area contributed by atoms with E-state index in [-0.39, 0.29) is 0 Å². The second kappa shape index (κ2) is 4.76. The van der Waals surface area contributed by atoms with Crippen molar-refractivity contribution < 1.29 is 0 Å². The van der Waals surface area contributed by atoms with E-state index in [1.54, 1.807) is 0 Å². The molecule has 2 aromatic rings. The molecule has 0 atom stereocenters. The Labute approximate surface area is 120 Å². The van der Waals surface area contributed by atoms with Crippen molar-refractivity contribution in [3.05, 3.63) is 40.1 Å². The molecule has 94 valence electrons. The third-order valence-corrected chi connectivity index (χ3v) is 4.03. The summed E-state index contributed by atoms with van der Waals surface area (Å²) in [7, 11) is 0. The molecule has 0 bridgehead atoms. The highest BCUT2D eigenvalue weighted by Gasteiger charge is 2.28. The molecule has 1 aliphatic rings. The van der Waals surface area contributed by atoms with Crippen LogP contribution in [0.15, 0.2) is 24.4 Å². The lowest BCUT2D eigenvalue weighted by Crippen LogP contribution is -2.01. The monoisotopic (exact) mass is 300 g/mol. The van der Waals surface area contributed by atoms with Gasteiger partial charge in [-0.05, 0) is 25.0 Å². The summed E-state index contributed by atoms with van der Waals surface area (Å²) in [5.41, 5.74) is 2.75. The van der Waals surface area contributed by atoms with Gasteiger partial charge in [-0.3, -0.25) is 4.68 Å². The molecule has 1 aromatic carbocycles. The highest BCUT2D eigenvalue weighted by molar-refractivity contribution is 6.39. The van der Waals surface area contributed by atoms with E-state index >= 15 is 0 Å². The van der Waals surface area contributed by atoms with Crippen LogP contribution in [0, 0.1) is 0 Å². The van der Waals surface area contributed by atoms with Crippen molar-refractivity contribution in [2.75, 3.05) is 0 Å². The molecule has 5 heteroatoms. The van der Waals surface area contributed by atoms with Crippen molar-refractivity contribution in [2.24, 2.45) is 0 Å². The molecule has 1 aliphatic carbocycles. The molecule has 0 N–H and O–H groups in total. The molecule has 2 nitrogen and oxygen atoms in total. The van der Waals surface area contributed by atoms with Gasteiger partial charge in [0.1, 0.15) is 0 Å². The van der Waals surface area contributed by atoms with Crippen LogP contribution in [0.25, 0.3) is 11.1 Å². The van der Waals surface area contributed by atoms with Crippen LogP contribution >= 0.6 is 34.8 Å². The predicted molar refractivity (Wildman–Crippen MR) is 75.5 cm³/mol. The van der Waals surface area contributed by atoms with E-state index in [0.717, 1.165) is 16.8 Å². The van der Waals surface area contributed by atoms with E-state index in [4.69, 9.17) is 34.8 Å². The van der Waals surface area contributed by atoms with Gasteiger partial charge in [0.15, 0.2) is 0 Å². The largest absolute Gasteiger partial charge is 0.265 e. The van der Waals surface area contributed by atoms with Crippen molar-refractivity contribution in [2.45, 2.75) is 24.8 Å². The zero-order valence-corrected chi connectivity index (χ0v) is 11.8. The maximum absolute atomic E-state index is 6.23. The van der Waals surface area contributed by atoms with E-state index in [1.807, 2.05) is 29.1 Å². The molecule has 0 amide bonds. The van der Waals surface area contributed by atoms with Crippen molar-refractivity contribution in [1.29, 1.82) is 0 Å². The molecule has 1 fully saturated rings. The van der Waals surface area contributed by atoms with E-state index in [1.165, 1.54) is 12.8 Å². The van der Waals surface area contributed by atoms with Gasteiger partial charge in [0.25, 0.3) is 0 Å². The standard InChI is InChI=1S/C13H11Cl3N2/c14-6-12-9(7-17-18(12)8-4-5-8)13-10(15)2-1-3-11(13)16/h1-3,7-8H,4-6H2. The minimum Gasteiger partial charge on any atom is -0.265 e. The number of alkyl halides is 1. The van der Waals surface area contributed by atoms with Crippen LogP contribution in [0.2, 0.25) is 10.0 Å². The summed E-state index contributed by atoms with van der Waals surface area (Å²) < 4.78 is 2.00. The lowest BCUT2D eigenvalue weighted by Gasteiger charge is -2.08. The molecule has 0 aliphatic heterocycles. The second-order valence-electron chi connectivity index (χ2n) is 4.41. The normalized spacial score (nSPS) is 15.1. The Bertz CT molecular complexity index is 568. The van der Waals surface area contributed by atoms with E-state index in [0.29, 0.717) is 22.0 Å². The van der Waals surface area contributed by atoms with Gasteiger partial charge in [-0.2, -0.15) is 5.10 Å². The molecular weight excluding hydrogens is 291 g/mol. The topological polar surface area (TPSA) is 17.8 Å². The molecule has 0 spiro atoms. The fraction of sp³-hybridized carbons (Fsp3) is 0.308. The van der Waals surface area contributed by atoms with Crippen LogP contribution in [0.4, 0.5) is 0 Å². The summed E-state index contributed by atoms with van der Waals surface area (Å²) in [4.78, 5) is 0. The van der Waals surface area contributed by atoms with E-state index < -0.39 is 0 Å². The Balaban J connectivity index is 2.16. The van der Waals surface area contributed by atoms with Gasteiger partial charge in [0.2, 0.25) is 0 Å². The van der Waals surface area contributed by atoms with E-state index in [2.05, 4.69) is 5.10 Å². The highest BCUT2D eigenvalue weighted by Crippen LogP contribution is 2.41. The zero-order valence-electron chi connectivity index (χ0n) is 9.54. The van der Waals surface area contributed by atoms with Gasteiger partial charge in [0.05, 0.1) is 33.9 Å². The number of hydrogen-bond acceptors (Lipinski definition) is 1. The van der Waals surface area contributed by atoms with Crippen LogP contribution in [-0.4, -0.2) is 9.78 Å². The Morgan fingerprint density at radius 2 is 1.89 bits per heavy atom. The molecule has 0 unspecified atom stereocenters. The maximum atomic E-state index is 6.23. The smallest absolute Gasteiger partial charge is 0.0650 e. The molecule has 1 heterocycles. The molecule has 18 heavy (non-hydrogen) atoms. The minimum atomic E-state index is 0.410. The molecular formula is C13H11Cl3N2. The van der Waals surface area contributed by atoms with Crippen LogP contribution in [-0.2, 0) is 5.88 Å². The van der Waals surface area contributed by atoms with Crippen molar-refractivity contribution >= 4 is 34.8 Å². The zero-order chi connectivity index (χ0) is 12.7. The number of hydrogen-bond donors (Lipinski definition) is 0. The summed E-state index contributed by atoms with van der Waals surface area (Å²) in [6, 6.07) is 5.98. The third-order valence-electron chi connectivity index (χ3n) is 3.15. The first-order valence-corrected chi connectivity index (χ1v) is 7.08. The fourth-order valence-corrected chi connectivity index (χ4v) is 2.99. The van der Waals surface area contributed by atoms with Crippen molar-refractivity contribution in [3.8, 4) is 11.1 Å². The molecule has 0 saturated heterocycles. The third kappa shape index (κ3) is 2.03. The molecule has 3 rings (SSSR count). The Kier molecular flexibility index (Phi) is 3.27. The van der Waals surface area contributed by atoms with Gasteiger partial charge in [0, 0.05) is 11.1 Å². The van der Waals surface area contributed by atoms with Crippen LogP contribution < -0.4 is 0 Å². The lowest BCUT2D eigenvalue weighted by atomic mass is 10.1. The number of aromatic nitrogens is 2. The highest BCUT2D eigenvalue weighted by atomic mass is 35.5. The number of halogens is 3. The lowest BCUT2D eigenvalue weighted by molar-refractivity contribution is 0.619. The predicted octanol–water partition coefficient (Wildman–Crippen LogP) is 4.93. The molecule has 0 radical (unpaired) electrons. The van der Waals surface area contributed by atoms with E-state index in [9.17, 15) is 0 Å². The summed E-state index contributed by atoms with van der Waals surface area (Å²) in [6.45, 7) is 0. The summed E-state index contributed by atoms with van der Waals surface area (Å²) in [6.07, 6.45) is 4.14. The number of rotatable bonds is 3. The quantitative estimate of drug-likeness (QED) is 0.735. The number of nitrogens with zero attached hydrogens (tertiary/aromatic N) is 2. The first kappa shape index (κ1) is 12.3. The SMILES string of the molecule is ClCc1c(-c2c(Cl)cccc2Cl)cnn1C1CC1. The summed E-state index contributed by atoms with van der Waals surface area (Å²) in [5, 5.41) is 5.68. The average molecular weight is 302 g/mol. The Morgan fingerprint density at radius 1 is 1.22 bits per heavy atom. The molecule has 1 saturated carbocycles. The van der Waals surface area contributed by atoms with Crippen LogP contribution in [0.3, 0.4) is 0 Å². The average Bonchev–Trinajstić information content (AvgIpc) is 3.10. The number of benzene rings is 1. The van der Waals surface area contributed by atoms with Gasteiger partial charge in [-0.15, -0.1) is 11.6 Å².